The fraction of sp³-hybridized carbons (Fsp3) is 0.0588. The van der Waals surface area contributed by atoms with Gasteiger partial charge in [0, 0.05) is 23.9 Å². The molecule has 0 saturated carbocycles. The highest BCUT2D eigenvalue weighted by Crippen LogP contribution is 2.24. The molecule has 0 spiro atoms. The van der Waals surface area contributed by atoms with E-state index in [1.54, 1.807) is 24.3 Å². The number of amides is 2. The first kappa shape index (κ1) is 15.8. The van der Waals surface area contributed by atoms with Crippen molar-refractivity contribution in [3.8, 4) is 11.3 Å². The zero-order chi connectivity index (χ0) is 16.9. The second-order valence-corrected chi connectivity index (χ2v) is 5.78. The van der Waals surface area contributed by atoms with Gasteiger partial charge in [0.2, 0.25) is 5.91 Å². The predicted octanol–water partition coefficient (Wildman–Crippen LogP) is 3.42. The number of rotatable bonds is 4. The van der Waals surface area contributed by atoms with Crippen molar-refractivity contribution in [1.29, 1.82) is 0 Å². The second kappa shape index (κ2) is 7.01. The molecule has 0 radical (unpaired) electrons. The summed E-state index contributed by atoms with van der Waals surface area (Å²) < 4.78 is 3.89. The molecule has 2 aromatic carbocycles. The zero-order valence-corrected chi connectivity index (χ0v) is 13.6. The van der Waals surface area contributed by atoms with Gasteiger partial charge in [0.25, 0.3) is 5.91 Å². The summed E-state index contributed by atoms with van der Waals surface area (Å²) in [6.07, 6.45) is 0. The van der Waals surface area contributed by atoms with Crippen molar-refractivity contribution in [2.24, 2.45) is 0 Å². The first-order valence-electron chi connectivity index (χ1n) is 7.20. The van der Waals surface area contributed by atoms with E-state index in [1.807, 2.05) is 30.3 Å². The molecule has 7 heteroatoms. The second-order valence-electron chi connectivity index (χ2n) is 5.03. The lowest BCUT2D eigenvalue weighted by Gasteiger charge is -2.06. The first-order valence-corrected chi connectivity index (χ1v) is 7.97. The van der Waals surface area contributed by atoms with E-state index < -0.39 is 0 Å². The molecule has 0 atom stereocenters. The number of aromatic nitrogens is 2. The summed E-state index contributed by atoms with van der Waals surface area (Å²) in [7, 11) is 0. The van der Waals surface area contributed by atoms with Gasteiger partial charge in [-0.1, -0.05) is 34.8 Å². The fourth-order valence-electron chi connectivity index (χ4n) is 2.15. The summed E-state index contributed by atoms with van der Waals surface area (Å²) in [4.78, 5) is 23.9. The third-order valence-electron chi connectivity index (χ3n) is 3.20. The van der Waals surface area contributed by atoms with Gasteiger partial charge >= 0.3 is 0 Å². The standard InChI is InChI=1S/C17H14N4O2S/c1-11(22)18-13-7-9-14(10-8-13)19-17(23)16-15(20-21-24-16)12-5-3-2-4-6-12/h2-10H,1H3,(H,18,22)(H,19,23). The highest BCUT2D eigenvalue weighted by atomic mass is 32.1. The monoisotopic (exact) mass is 338 g/mol. The number of benzene rings is 2. The molecular weight excluding hydrogens is 324 g/mol. The van der Waals surface area contributed by atoms with E-state index in [2.05, 4.69) is 20.2 Å². The van der Waals surface area contributed by atoms with Gasteiger partial charge in [-0.05, 0) is 35.8 Å². The Labute approximate surface area is 142 Å². The summed E-state index contributed by atoms with van der Waals surface area (Å²) in [6, 6.07) is 16.3. The summed E-state index contributed by atoms with van der Waals surface area (Å²) in [6.45, 7) is 1.44. The van der Waals surface area contributed by atoms with Crippen LogP contribution in [0.4, 0.5) is 11.4 Å². The third-order valence-corrected chi connectivity index (χ3v) is 3.93. The van der Waals surface area contributed by atoms with Crippen LogP contribution in [-0.4, -0.2) is 21.4 Å². The van der Waals surface area contributed by atoms with Gasteiger partial charge in [0.1, 0.15) is 10.6 Å². The molecule has 24 heavy (non-hydrogen) atoms. The Hall–Kier alpha value is -3.06. The zero-order valence-electron chi connectivity index (χ0n) is 12.8. The van der Waals surface area contributed by atoms with E-state index in [4.69, 9.17) is 0 Å². The lowest BCUT2D eigenvalue weighted by atomic mass is 10.1. The van der Waals surface area contributed by atoms with Crippen LogP contribution in [-0.2, 0) is 4.79 Å². The molecule has 0 aliphatic heterocycles. The maximum atomic E-state index is 12.5. The van der Waals surface area contributed by atoms with Crippen molar-refractivity contribution in [2.75, 3.05) is 10.6 Å². The lowest BCUT2D eigenvalue weighted by Crippen LogP contribution is -2.11. The minimum absolute atomic E-state index is 0.143. The van der Waals surface area contributed by atoms with E-state index >= 15 is 0 Å². The summed E-state index contributed by atoms with van der Waals surface area (Å²) >= 11 is 1.05. The highest BCUT2D eigenvalue weighted by Gasteiger charge is 2.17. The summed E-state index contributed by atoms with van der Waals surface area (Å²) in [5, 5.41) is 9.54. The highest BCUT2D eigenvalue weighted by molar-refractivity contribution is 7.08. The number of hydrogen-bond donors (Lipinski definition) is 2. The van der Waals surface area contributed by atoms with Gasteiger partial charge < -0.3 is 10.6 Å². The molecular formula is C17H14N4O2S. The topological polar surface area (TPSA) is 84.0 Å². The minimum Gasteiger partial charge on any atom is -0.326 e. The number of nitrogens with one attached hydrogen (secondary N) is 2. The smallest absolute Gasteiger partial charge is 0.269 e. The Kier molecular flexibility index (Phi) is 4.62. The third kappa shape index (κ3) is 3.64. The summed E-state index contributed by atoms with van der Waals surface area (Å²) in [5.41, 5.74) is 2.71. The molecule has 6 nitrogen and oxygen atoms in total. The normalized spacial score (nSPS) is 10.2. The van der Waals surface area contributed by atoms with Gasteiger partial charge in [-0.3, -0.25) is 9.59 Å². The number of hydrogen-bond acceptors (Lipinski definition) is 5. The van der Waals surface area contributed by atoms with Crippen molar-refractivity contribution >= 4 is 34.7 Å². The Morgan fingerprint density at radius 3 is 2.17 bits per heavy atom. The predicted molar refractivity (Wildman–Crippen MR) is 94.0 cm³/mol. The molecule has 0 aliphatic carbocycles. The Balaban J connectivity index is 1.76. The molecule has 0 unspecified atom stereocenters. The largest absolute Gasteiger partial charge is 0.326 e. The maximum absolute atomic E-state index is 12.5. The molecule has 0 fully saturated rings. The molecule has 0 saturated heterocycles. The van der Waals surface area contributed by atoms with E-state index in [9.17, 15) is 9.59 Å². The van der Waals surface area contributed by atoms with Crippen LogP contribution in [0, 0.1) is 0 Å². The van der Waals surface area contributed by atoms with Crippen LogP contribution in [0.1, 0.15) is 16.6 Å². The van der Waals surface area contributed by atoms with Crippen LogP contribution in [0.3, 0.4) is 0 Å². The maximum Gasteiger partial charge on any atom is 0.269 e. The van der Waals surface area contributed by atoms with E-state index in [-0.39, 0.29) is 11.8 Å². The van der Waals surface area contributed by atoms with E-state index in [0.29, 0.717) is 21.9 Å². The van der Waals surface area contributed by atoms with Gasteiger partial charge in [-0.2, -0.15) is 0 Å². The van der Waals surface area contributed by atoms with E-state index in [1.165, 1.54) is 6.92 Å². The molecule has 2 N–H and O–H groups in total. The molecule has 3 aromatic rings. The molecule has 0 aliphatic rings. The number of carbonyl (C=O) groups excluding carboxylic acids is 2. The molecule has 3 rings (SSSR count). The quantitative estimate of drug-likeness (QED) is 0.763. The van der Waals surface area contributed by atoms with Crippen molar-refractivity contribution in [2.45, 2.75) is 6.92 Å². The van der Waals surface area contributed by atoms with Crippen LogP contribution in [0.2, 0.25) is 0 Å². The summed E-state index contributed by atoms with van der Waals surface area (Å²) in [5.74, 6) is -0.411. The van der Waals surface area contributed by atoms with Gasteiger partial charge in [0.15, 0.2) is 0 Å². The van der Waals surface area contributed by atoms with Crippen LogP contribution < -0.4 is 10.6 Å². The van der Waals surface area contributed by atoms with Gasteiger partial charge in [-0.15, -0.1) is 5.10 Å². The Morgan fingerprint density at radius 2 is 1.54 bits per heavy atom. The number of nitrogens with zero attached hydrogens (tertiary/aromatic N) is 2. The first-order chi connectivity index (χ1) is 11.6. The number of carbonyl (C=O) groups is 2. The molecule has 120 valence electrons. The SMILES string of the molecule is CC(=O)Nc1ccc(NC(=O)c2snnc2-c2ccccc2)cc1. The van der Waals surface area contributed by atoms with Crippen molar-refractivity contribution in [3.63, 3.8) is 0 Å². The van der Waals surface area contributed by atoms with Crippen molar-refractivity contribution in [1.82, 2.24) is 9.59 Å². The van der Waals surface area contributed by atoms with Crippen LogP contribution in [0.25, 0.3) is 11.3 Å². The molecule has 1 aromatic heterocycles. The van der Waals surface area contributed by atoms with Crippen LogP contribution in [0.5, 0.6) is 0 Å². The fourth-order valence-corrected chi connectivity index (χ4v) is 2.74. The number of anilines is 2. The molecule has 2 amide bonds. The van der Waals surface area contributed by atoms with Gasteiger partial charge in [0.05, 0.1) is 0 Å². The Morgan fingerprint density at radius 1 is 0.917 bits per heavy atom. The average Bonchev–Trinajstić information content (AvgIpc) is 3.07. The molecule has 1 heterocycles. The Bertz CT molecular complexity index is 860. The average molecular weight is 338 g/mol. The van der Waals surface area contributed by atoms with Crippen molar-refractivity contribution < 1.29 is 9.59 Å². The molecule has 0 bridgehead atoms. The van der Waals surface area contributed by atoms with Gasteiger partial charge in [-0.25, -0.2) is 0 Å². The van der Waals surface area contributed by atoms with Crippen LogP contribution in [0.15, 0.2) is 54.6 Å². The lowest BCUT2D eigenvalue weighted by molar-refractivity contribution is -0.114. The van der Waals surface area contributed by atoms with Crippen LogP contribution >= 0.6 is 11.5 Å². The van der Waals surface area contributed by atoms with E-state index in [0.717, 1.165) is 17.1 Å². The minimum atomic E-state index is -0.267. The van der Waals surface area contributed by atoms with Crippen molar-refractivity contribution in [3.05, 3.63) is 59.5 Å².